The molecule has 1 saturated heterocycles. The molecule has 0 aromatic rings. The van der Waals surface area contributed by atoms with Gasteiger partial charge in [0.05, 0.1) is 6.54 Å². The molecule has 1 aliphatic carbocycles. The SMILES string of the molecule is CNCCC1CCN(CC(=O)N(C)CC2CC2)CC1.Cl. The maximum Gasteiger partial charge on any atom is 0.236 e. The summed E-state index contributed by atoms with van der Waals surface area (Å²) in [6, 6.07) is 0. The molecule has 0 unspecified atom stereocenters. The number of carbonyl (C=O) groups is 1. The topological polar surface area (TPSA) is 35.6 Å². The molecule has 4 nitrogen and oxygen atoms in total. The number of rotatable bonds is 7. The van der Waals surface area contributed by atoms with Gasteiger partial charge in [-0.05, 0) is 70.6 Å². The van der Waals surface area contributed by atoms with Crippen LogP contribution in [0, 0.1) is 11.8 Å². The van der Waals surface area contributed by atoms with Crippen LogP contribution in [0.3, 0.4) is 0 Å². The molecular formula is C15H30ClN3O. The molecule has 0 spiro atoms. The van der Waals surface area contributed by atoms with Crippen LogP contribution < -0.4 is 5.32 Å². The minimum absolute atomic E-state index is 0. The Labute approximate surface area is 129 Å². The fraction of sp³-hybridized carbons (Fsp3) is 0.933. The van der Waals surface area contributed by atoms with E-state index >= 15 is 0 Å². The van der Waals surface area contributed by atoms with E-state index in [1.807, 2.05) is 19.0 Å². The van der Waals surface area contributed by atoms with E-state index in [0.717, 1.165) is 38.0 Å². The number of halogens is 1. The maximum atomic E-state index is 12.1. The average molecular weight is 304 g/mol. The van der Waals surface area contributed by atoms with Crippen molar-refractivity contribution in [3.63, 3.8) is 0 Å². The van der Waals surface area contributed by atoms with Gasteiger partial charge in [0.1, 0.15) is 0 Å². The molecule has 5 heteroatoms. The minimum atomic E-state index is 0. The lowest BCUT2D eigenvalue weighted by Gasteiger charge is -2.32. The Balaban J connectivity index is 0.00000200. The van der Waals surface area contributed by atoms with Gasteiger partial charge in [0.15, 0.2) is 0 Å². The number of hydrogen-bond acceptors (Lipinski definition) is 3. The van der Waals surface area contributed by atoms with Crippen LogP contribution in [-0.2, 0) is 4.79 Å². The molecule has 2 rings (SSSR count). The standard InChI is InChI=1S/C15H29N3O.ClH/c1-16-8-5-13-6-9-18(10-7-13)12-15(19)17(2)11-14-3-4-14;/h13-14,16H,3-12H2,1-2H3;1H. The summed E-state index contributed by atoms with van der Waals surface area (Å²) in [4.78, 5) is 16.4. The number of likely N-dealkylation sites (N-methyl/N-ethyl adjacent to an activating group) is 1. The second-order valence-corrected chi connectivity index (χ2v) is 6.33. The fourth-order valence-electron chi connectivity index (χ4n) is 2.88. The summed E-state index contributed by atoms with van der Waals surface area (Å²) in [5.41, 5.74) is 0. The van der Waals surface area contributed by atoms with Crippen molar-refractivity contribution < 1.29 is 4.79 Å². The van der Waals surface area contributed by atoms with E-state index in [1.165, 1.54) is 32.1 Å². The second kappa shape index (κ2) is 8.85. The van der Waals surface area contributed by atoms with Crippen molar-refractivity contribution in [2.45, 2.75) is 32.1 Å². The van der Waals surface area contributed by atoms with Crippen LogP contribution >= 0.6 is 12.4 Å². The molecule has 20 heavy (non-hydrogen) atoms. The van der Waals surface area contributed by atoms with Crippen molar-refractivity contribution in [1.29, 1.82) is 0 Å². The van der Waals surface area contributed by atoms with E-state index in [9.17, 15) is 4.79 Å². The summed E-state index contributed by atoms with van der Waals surface area (Å²) in [5.74, 6) is 1.95. The molecule has 0 aromatic heterocycles. The summed E-state index contributed by atoms with van der Waals surface area (Å²) >= 11 is 0. The van der Waals surface area contributed by atoms with Gasteiger partial charge in [-0.2, -0.15) is 0 Å². The Morgan fingerprint density at radius 3 is 2.40 bits per heavy atom. The van der Waals surface area contributed by atoms with Crippen LogP contribution in [0.5, 0.6) is 0 Å². The van der Waals surface area contributed by atoms with E-state index in [0.29, 0.717) is 12.5 Å². The zero-order chi connectivity index (χ0) is 13.7. The molecule has 1 saturated carbocycles. The highest BCUT2D eigenvalue weighted by Gasteiger charge is 2.26. The monoisotopic (exact) mass is 303 g/mol. The van der Waals surface area contributed by atoms with Crippen molar-refractivity contribution in [3.05, 3.63) is 0 Å². The molecule has 1 aliphatic heterocycles. The van der Waals surface area contributed by atoms with E-state index in [-0.39, 0.29) is 12.4 Å². The van der Waals surface area contributed by atoms with E-state index in [4.69, 9.17) is 0 Å². The Morgan fingerprint density at radius 1 is 1.20 bits per heavy atom. The Morgan fingerprint density at radius 2 is 1.85 bits per heavy atom. The third-order valence-corrected chi connectivity index (χ3v) is 4.52. The first-order valence-corrected chi connectivity index (χ1v) is 7.80. The lowest BCUT2D eigenvalue weighted by Crippen LogP contribution is -2.42. The van der Waals surface area contributed by atoms with Gasteiger partial charge in [-0.3, -0.25) is 9.69 Å². The molecule has 0 atom stereocenters. The third kappa shape index (κ3) is 5.98. The summed E-state index contributed by atoms with van der Waals surface area (Å²) in [7, 11) is 3.98. The van der Waals surface area contributed by atoms with Gasteiger partial charge >= 0.3 is 0 Å². The fourth-order valence-corrected chi connectivity index (χ4v) is 2.88. The van der Waals surface area contributed by atoms with Crippen LogP contribution in [0.2, 0.25) is 0 Å². The first-order chi connectivity index (χ1) is 9.19. The van der Waals surface area contributed by atoms with Gasteiger partial charge in [0.25, 0.3) is 0 Å². The van der Waals surface area contributed by atoms with E-state index in [1.54, 1.807) is 0 Å². The predicted octanol–water partition coefficient (Wildman–Crippen LogP) is 1.60. The molecule has 1 amide bonds. The van der Waals surface area contributed by atoms with Crippen LogP contribution in [0.15, 0.2) is 0 Å². The van der Waals surface area contributed by atoms with Gasteiger partial charge in [0.2, 0.25) is 5.91 Å². The summed E-state index contributed by atoms with van der Waals surface area (Å²) < 4.78 is 0. The second-order valence-electron chi connectivity index (χ2n) is 6.33. The number of amides is 1. The molecule has 0 bridgehead atoms. The summed E-state index contributed by atoms with van der Waals surface area (Å²) in [5, 5.41) is 3.22. The molecule has 118 valence electrons. The van der Waals surface area contributed by atoms with Crippen molar-refractivity contribution in [3.8, 4) is 0 Å². The Kier molecular flexibility index (Phi) is 7.85. The van der Waals surface area contributed by atoms with Gasteiger partial charge in [-0.15, -0.1) is 12.4 Å². The van der Waals surface area contributed by atoms with Crippen molar-refractivity contribution in [1.82, 2.24) is 15.1 Å². The molecule has 1 heterocycles. The van der Waals surface area contributed by atoms with Crippen LogP contribution in [-0.4, -0.2) is 62.5 Å². The Bertz CT molecular complexity index is 289. The number of nitrogens with one attached hydrogen (secondary N) is 1. The largest absolute Gasteiger partial charge is 0.344 e. The highest BCUT2D eigenvalue weighted by atomic mass is 35.5. The van der Waals surface area contributed by atoms with Crippen molar-refractivity contribution >= 4 is 18.3 Å². The number of hydrogen-bond donors (Lipinski definition) is 1. The molecule has 0 radical (unpaired) electrons. The number of carbonyl (C=O) groups excluding carboxylic acids is 1. The molecular weight excluding hydrogens is 274 g/mol. The number of nitrogens with zero attached hydrogens (tertiary/aromatic N) is 2. The van der Waals surface area contributed by atoms with E-state index in [2.05, 4.69) is 10.2 Å². The van der Waals surface area contributed by atoms with E-state index < -0.39 is 0 Å². The highest BCUT2D eigenvalue weighted by Crippen LogP contribution is 2.29. The van der Waals surface area contributed by atoms with Crippen LogP contribution in [0.1, 0.15) is 32.1 Å². The lowest BCUT2D eigenvalue weighted by atomic mass is 9.93. The predicted molar refractivity (Wildman–Crippen MR) is 85.3 cm³/mol. The van der Waals surface area contributed by atoms with Crippen molar-refractivity contribution in [2.75, 3.05) is 46.8 Å². The summed E-state index contributed by atoms with van der Waals surface area (Å²) in [6.45, 7) is 4.90. The van der Waals surface area contributed by atoms with Gasteiger partial charge in [0, 0.05) is 13.6 Å². The molecule has 0 aromatic carbocycles. The Hall–Kier alpha value is -0.320. The maximum absolute atomic E-state index is 12.1. The number of likely N-dealkylation sites (tertiary alicyclic amines) is 1. The molecule has 1 N–H and O–H groups in total. The normalized spacial score (nSPS) is 20.5. The first kappa shape index (κ1) is 17.7. The molecule has 2 aliphatic rings. The number of piperidine rings is 1. The summed E-state index contributed by atoms with van der Waals surface area (Å²) in [6.07, 6.45) is 6.41. The van der Waals surface area contributed by atoms with Crippen molar-refractivity contribution in [2.24, 2.45) is 11.8 Å². The third-order valence-electron chi connectivity index (χ3n) is 4.52. The quantitative estimate of drug-likeness (QED) is 0.776. The van der Waals surface area contributed by atoms with Gasteiger partial charge < -0.3 is 10.2 Å². The first-order valence-electron chi connectivity index (χ1n) is 7.80. The molecule has 2 fully saturated rings. The zero-order valence-electron chi connectivity index (χ0n) is 12.9. The highest BCUT2D eigenvalue weighted by molar-refractivity contribution is 5.85. The lowest BCUT2D eigenvalue weighted by molar-refractivity contribution is -0.131. The smallest absolute Gasteiger partial charge is 0.236 e. The van der Waals surface area contributed by atoms with Crippen LogP contribution in [0.4, 0.5) is 0 Å². The van der Waals surface area contributed by atoms with Gasteiger partial charge in [-0.1, -0.05) is 0 Å². The van der Waals surface area contributed by atoms with Gasteiger partial charge in [-0.25, -0.2) is 0 Å². The zero-order valence-corrected chi connectivity index (χ0v) is 13.8. The average Bonchev–Trinajstić information content (AvgIpc) is 3.22. The minimum Gasteiger partial charge on any atom is -0.344 e. The van der Waals surface area contributed by atoms with Crippen LogP contribution in [0.25, 0.3) is 0 Å².